The molecule has 2 amide bonds. The fourth-order valence-corrected chi connectivity index (χ4v) is 4.97. The van der Waals surface area contributed by atoms with Gasteiger partial charge in [-0.3, -0.25) is 19.2 Å². The second-order valence-corrected chi connectivity index (χ2v) is 9.79. The maximum Gasteiger partial charge on any atom is 0.272 e. The molecule has 0 aliphatic carbocycles. The molecule has 0 spiro atoms. The van der Waals surface area contributed by atoms with Gasteiger partial charge in [0.05, 0.1) is 0 Å². The van der Waals surface area contributed by atoms with Gasteiger partial charge in [0.2, 0.25) is 0 Å². The Hall–Kier alpha value is -3.16. The monoisotopic (exact) mass is 491 g/mol. The molecule has 35 heavy (non-hydrogen) atoms. The lowest BCUT2D eigenvalue weighted by atomic mass is 10.0. The molecule has 1 aromatic heterocycles. The van der Waals surface area contributed by atoms with E-state index >= 15 is 0 Å². The summed E-state index contributed by atoms with van der Waals surface area (Å²) in [6, 6.07) is 19.7. The Morgan fingerprint density at radius 2 is 1.66 bits per heavy atom. The molecule has 1 N–H and O–H groups in total. The lowest BCUT2D eigenvalue weighted by molar-refractivity contribution is 0.0745. The highest BCUT2D eigenvalue weighted by molar-refractivity contribution is 6.30. The number of piperidine rings is 1. The molecule has 182 valence electrons. The van der Waals surface area contributed by atoms with E-state index in [9.17, 15) is 9.59 Å². The van der Waals surface area contributed by atoms with E-state index < -0.39 is 0 Å². The number of nitrogens with zero attached hydrogens (tertiary/aromatic N) is 4. The van der Waals surface area contributed by atoms with Crippen LogP contribution in [0.1, 0.15) is 51.4 Å². The van der Waals surface area contributed by atoms with Gasteiger partial charge in [-0.2, -0.15) is 5.10 Å². The molecule has 1 saturated heterocycles. The maximum absolute atomic E-state index is 13.2. The van der Waals surface area contributed by atoms with Gasteiger partial charge in [-0.25, -0.2) is 0 Å². The molecule has 0 radical (unpaired) electrons. The van der Waals surface area contributed by atoms with Crippen LogP contribution in [0.3, 0.4) is 0 Å². The predicted molar refractivity (Wildman–Crippen MR) is 135 cm³/mol. The first kappa shape index (κ1) is 23.6. The summed E-state index contributed by atoms with van der Waals surface area (Å²) in [5.74, 6) is -0.303. The van der Waals surface area contributed by atoms with Gasteiger partial charge in [0.1, 0.15) is 5.69 Å². The van der Waals surface area contributed by atoms with E-state index in [2.05, 4.69) is 39.6 Å². The quantitative estimate of drug-likeness (QED) is 0.566. The molecule has 0 atom stereocenters. The molecule has 0 unspecified atom stereocenters. The fraction of sp³-hybridized carbons (Fsp3) is 0.370. The summed E-state index contributed by atoms with van der Waals surface area (Å²) in [6.45, 7) is 4.58. The first-order chi connectivity index (χ1) is 17.0. The zero-order valence-corrected chi connectivity index (χ0v) is 20.5. The van der Waals surface area contributed by atoms with E-state index in [0.29, 0.717) is 36.0 Å². The average molecular weight is 492 g/mol. The number of aryl methyl sites for hydroxylation is 1. The third kappa shape index (κ3) is 5.74. The van der Waals surface area contributed by atoms with Crippen LogP contribution in [0.25, 0.3) is 0 Å². The van der Waals surface area contributed by atoms with Gasteiger partial charge in [0.25, 0.3) is 11.8 Å². The number of carbonyl (C=O) groups excluding carboxylic acids is 2. The van der Waals surface area contributed by atoms with E-state index in [-0.39, 0.29) is 17.9 Å². The molecule has 8 heteroatoms. The molecule has 2 aromatic carbocycles. The molecule has 1 fully saturated rings. The van der Waals surface area contributed by atoms with Crippen molar-refractivity contribution in [3.8, 4) is 0 Å². The number of fused-ring (bicyclic) bond motifs is 1. The van der Waals surface area contributed by atoms with Crippen molar-refractivity contribution in [3.63, 3.8) is 0 Å². The van der Waals surface area contributed by atoms with Gasteiger partial charge in [0.15, 0.2) is 5.69 Å². The molecular formula is C27H30ClN5O2. The van der Waals surface area contributed by atoms with Gasteiger partial charge < -0.3 is 10.2 Å². The Bertz CT molecular complexity index is 1170. The lowest BCUT2D eigenvalue weighted by Crippen LogP contribution is -2.44. The lowest BCUT2D eigenvalue weighted by Gasteiger charge is -2.32. The zero-order chi connectivity index (χ0) is 24.2. The number of carbonyl (C=O) groups is 2. The predicted octanol–water partition coefficient (Wildman–Crippen LogP) is 3.98. The number of hydrogen-bond acceptors (Lipinski definition) is 4. The number of amides is 2. The van der Waals surface area contributed by atoms with Crippen molar-refractivity contribution in [2.45, 2.75) is 44.9 Å². The van der Waals surface area contributed by atoms with Crippen LogP contribution in [-0.2, 0) is 19.6 Å². The summed E-state index contributed by atoms with van der Waals surface area (Å²) in [6.07, 6.45) is 2.59. The van der Waals surface area contributed by atoms with Gasteiger partial charge in [-0.1, -0.05) is 54.1 Å². The van der Waals surface area contributed by atoms with Crippen molar-refractivity contribution in [2.24, 2.45) is 0 Å². The minimum Gasteiger partial charge on any atom is -0.348 e. The molecule has 3 aromatic rings. The number of nitrogens with one attached hydrogen (secondary N) is 1. The molecule has 5 rings (SSSR count). The van der Waals surface area contributed by atoms with E-state index in [4.69, 9.17) is 11.6 Å². The van der Waals surface area contributed by atoms with Crippen molar-refractivity contribution in [1.82, 2.24) is 24.9 Å². The molecule has 7 nitrogen and oxygen atoms in total. The van der Waals surface area contributed by atoms with Crippen LogP contribution in [0.5, 0.6) is 0 Å². The van der Waals surface area contributed by atoms with Crippen LogP contribution in [0.2, 0.25) is 5.02 Å². The molecular weight excluding hydrogens is 462 g/mol. The van der Waals surface area contributed by atoms with Crippen LogP contribution >= 0.6 is 11.6 Å². The number of rotatable bonds is 6. The summed E-state index contributed by atoms with van der Waals surface area (Å²) in [5.41, 5.74) is 3.12. The van der Waals surface area contributed by atoms with Crippen molar-refractivity contribution < 1.29 is 9.59 Å². The van der Waals surface area contributed by atoms with Crippen LogP contribution in [-0.4, -0.2) is 57.1 Å². The Kier molecular flexibility index (Phi) is 7.16. The Labute approximate surface area is 210 Å². The van der Waals surface area contributed by atoms with Gasteiger partial charge in [-0.05, 0) is 42.5 Å². The summed E-state index contributed by atoms with van der Waals surface area (Å²) in [7, 11) is 0. The second kappa shape index (κ2) is 10.6. The van der Waals surface area contributed by atoms with Crippen molar-refractivity contribution in [2.75, 3.05) is 19.6 Å². The van der Waals surface area contributed by atoms with Gasteiger partial charge in [0, 0.05) is 56.4 Å². The third-order valence-electron chi connectivity index (χ3n) is 6.78. The number of hydrogen-bond donors (Lipinski definition) is 1. The molecule has 0 saturated carbocycles. The van der Waals surface area contributed by atoms with Crippen molar-refractivity contribution in [3.05, 3.63) is 88.2 Å². The smallest absolute Gasteiger partial charge is 0.272 e. The van der Waals surface area contributed by atoms with Crippen LogP contribution in [0, 0.1) is 0 Å². The maximum atomic E-state index is 13.2. The zero-order valence-electron chi connectivity index (χ0n) is 19.7. The molecule has 2 aliphatic rings. The van der Waals surface area contributed by atoms with E-state index in [1.54, 1.807) is 10.7 Å². The van der Waals surface area contributed by atoms with Crippen molar-refractivity contribution >= 4 is 23.4 Å². The summed E-state index contributed by atoms with van der Waals surface area (Å²) < 4.78 is 1.68. The number of aromatic nitrogens is 2. The normalized spacial score (nSPS) is 17.2. The fourth-order valence-electron chi connectivity index (χ4n) is 4.84. The van der Waals surface area contributed by atoms with Gasteiger partial charge in [-0.15, -0.1) is 0 Å². The third-order valence-corrected chi connectivity index (χ3v) is 7.03. The van der Waals surface area contributed by atoms with Crippen LogP contribution in [0.15, 0.2) is 60.7 Å². The highest BCUT2D eigenvalue weighted by Crippen LogP contribution is 2.19. The summed E-state index contributed by atoms with van der Waals surface area (Å²) in [5, 5.41) is 8.29. The minimum absolute atomic E-state index is 0.0989. The molecule has 2 aliphatic heterocycles. The number of likely N-dealkylation sites (tertiary alicyclic amines) is 1. The average Bonchev–Trinajstić information content (AvgIpc) is 3.25. The SMILES string of the molecule is O=C(NC1CCN(Cc2ccccc2)CC1)c1cc2n(n1)CCCN(Cc1ccc(Cl)cc1)C2=O. The summed E-state index contributed by atoms with van der Waals surface area (Å²) >= 11 is 5.99. The van der Waals surface area contributed by atoms with E-state index in [1.165, 1.54) is 5.56 Å². The number of halogens is 1. The molecule has 0 bridgehead atoms. The summed E-state index contributed by atoms with van der Waals surface area (Å²) in [4.78, 5) is 30.4. The number of benzene rings is 2. The van der Waals surface area contributed by atoms with Crippen LogP contribution < -0.4 is 5.32 Å². The van der Waals surface area contributed by atoms with Gasteiger partial charge >= 0.3 is 0 Å². The Morgan fingerprint density at radius 3 is 2.40 bits per heavy atom. The highest BCUT2D eigenvalue weighted by atomic mass is 35.5. The van der Waals surface area contributed by atoms with E-state index in [0.717, 1.165) is 44.5 Å². The topological polar surface area (TPSA) is 70.5 Å². The largest absolute Gasteiger partial charge is 0.348 e. The molecule has 3 heterocycles. The second-order valence-electron chi connectivity index (χ2n) is 9.35. The minimum atomic E-state index is -0.205. The van der Waals surface area contributed by atoms with Crippen LogP contribution in [0.4, 0.5) is 0 Å². The standard InChI is InChI=1S/C27H30ClN5O2/c28-22-9-7-21(8-10-22)19-32-13-4-14-33-25(27(32)35)17-24(30-33)26(34)29-23-11-15-31(16-12-23)18-20-5-2-1-3-6-20/h1-3,5-10,17,23H,4,11-16,18-19H2,(H,29,34). The van der Waals surface area contributed by atoms with E-state index in [1.807, 2.05) is 35.2 Å². The van der Waals surface area contributed by atoms with Crippen molar-refractivity contribution in [1.29, 1.82) is 0 Å². The first-order valence-corrected chi connectivity index (χ1v) is 12.6. The Balaban J connectivity index is 1.18. The first-order valence-electron chi connectivity index (χ1n) is 12.2. The Morgan fingerprint density at radius 1 is 0.943 bits per heavy atom. The highest BCUT2D eigenvalue weighted by Gasteiger charge is 2.28.